The summed E-state index contributed by atoms with van der Waals surface area (Å²) in [6, 6.07) is 7.84. The molecule has 0 spiro atoms. The summed E-state index contributed by atoms with van der Waals surface area (Å²) in [5.41, 5.74) is 2.07. The minimum atomic E-state index is -0.523. The Labute approximate surface area is 119 Å². The number of carbonyl (C=O) groups excluding carboxylic acids is 2. The van der Waals surface area contributed by atoms with Gasteiger partial charge in [0, 0.05) is 12.1 Å². The van der Waals surface area contributed by atoms with Crippen LogP contribution >= 0.6 is 0 Å². The van der Waals surface area contributed by atoms with E-state index in [9.17, 15) is 9.59 Å². The molecule has 0 bridgehead atoms. The zero-order chi connectivity index (χ0) is 15.0. The van der Waals surface area contributed by atoms with Crippen molar-refractivity contribution in [1.82, 2.24) is 5.32 Å². The number of esters is 1. The van der Waals surface area contributed by atoms with Gasteiger partial charge in [-0.2, -0.15) is 0 Å². The lowest BCUT2D eigenvalue weighted by molar-refractivity contribution is -0.144. The molecule has 4 nitrogen and oxygen atoms in total. The molecule has 1 amide bonds. The van der Waals surface area contributed by atoms with Crippen molar-refractivity contribution in [2.75, 3.05) is 6.61 Å². The third-order valence-corrected chi connectivity index (χ3v) is 2.85. The fourth-order valence-corrected chi connectivity index (χ4v) is 1.45. The predicted octanol–water partition coefficient (Wildman–Crippen LogP) is 2.47. The van der Waals surface area contributed by atoms with E-state index in [0.717, 1.165) is 17.5 Å². The van der Waals surface area contributed by atoms with E-state index < -0.39 is 5.97 Å². The molecule has 0 aliphatic rings. The topological polar surface area (TPSA) is 55.4 Å². The summed E-state index contributed by atoms with van der Waals surface area (Å²) in [5.74, 6) is -0.804. The van der Waals surface area contributed by atoms with Gasteiger partial charge in [-0.25, -0.2) is 4.79 Å². The first kappa shape index (κ1) is 16.0. The Kier molecular flexibility index (Phi) is 6.50. The Morgan fingerprint density at radius 1 is 1.30 bits per heavy atom. The zero-order valence-corrected chi connectivity index (χ0v) is 12.2. The molecule has 1 N–H and O–H groups in total. The molecule has 0 heterocycles. The lowest BCUT2D eigenvalue weighted by atomic mass is 10.1. The Balaban J connectivity index is 2.36. The van der Waals surface area contributed by atoms with Crippen LogP contribution in [0.15, 0.2) is 30.3 Å². The van der Waals surface area contributed by atoms with E-state index in [1.165, 1.54) is 6.08 Å². The maximum atomic E-state index is 11.5. The fourth-order valence-electron chi connectivity index (χ4n) is 1.45. The highest BCUT2D eigenvalue weighted by Gasteiger charge is 2.07. The Hall–Kier alpha value is -2.10. The minimum Gasteiger partial charge on any atom is -0.452 e. The molecule has 0 saturated heterocycles. The third kappa shape index (κ3) is 6.18. The van der Waals surface area contributed by atoms with Crippen molar-refractivity contribution < 1.29 is 14.3 Å². The smallest absolute Gasteiger partial charge is 0.331 e. The van der Waals surface area contributed by atoms with Gasteiger partial charge in [0.2, 0.25) is 0 Å². The number of rotatable bonds is 6. The zero-order valence-electron chi connectivity index (χ0n) is 12.2. The molecule has 1 aromatic carbocycles. The largest absolute Gasteiger partial charge is 0.452 e. The standard InChI is InChI=1S/C16H21NO3/c1-4-13(3)17-15(18)11-20-16(19)10-9-14-7-5-12(2)6-8-14/h5-10,13H,4,11H2,1-3H3,(H,17,18)/b10-9+/t13-/m0/s1. The van der Waals surface area contributed by atoms with Crippen molar-refractivity contribution in [1.29, 1.82) is 0 Å². The molecule has 0 aliphatic heterocycles. The van der Waals surface area contributed by atoms with Crippen LogP contribution in [0.4, 0.5) is 0 Å². The van der Waals surface area contributed by atoms with Gasteiger partial charge in [0.25, 0.3) is 5.91 Å². The van der Waals surface area contributed by atoms with Crippen molar-refractivity contribution >= 4 is 18.0 Å². The van der Waals surface area contributed by atoms with Crippen molar-refractivity contribution in [2.24, 2.45) is 0 Å². The fraction of sp³-hybridized carbons (Fsp3) is 0.375. The van der Waals surface area contributed by atoms with Gasteiger partial charge in [-0.1, -0.05) is 36.8 Å². The number of hydrogen-bond donors (Lipinski definition) is 1. The molecule has 0 fully saturated rings. The Morgan fingerprint density at radius 3 is 2.55 bits per heavy atom. The van der Waals surface area contributed by atoms with Crippen LogP contribution in [0.5, 0.6) is 0 Å². The summed E-state index contributed by atoms with van der Waals surface area (Å²) in [7, 11) is 0. The van der Waals surface area contributed by atoms with E-state index in [1.807, 2.05) is 45.0 Å². The molecule has 0 radical (unpaired) electrons. The van der Waals surface area contributed by atoms with Crippen LogP contribution in [0, 0.1) is 6.92 Å². The maximum absolute atomic E-state index is 11.5. The van der Waals surface area contributed by atoms with Gasteiger partial charge >= 0.3 is 5.97 Å². The second-order valence-electron chi connectivity index (χ2n) is 4.73. The molecule has 0 aromatic heterocycles. The van der Waals surface area contributed by atoms with Gasteiger partial charge in [0.1, 0.15) is 0 Å². The number of ether oxygens (including phenoxy) is 1. The molecule has 20 heavy (non-hydrogen) atoms. The van der Waals surface area contributed by atoms with E-state index in [4.69, 9.17) is 4.74 Å². The summed E-state index contributed by atoms with van der Waals surface area (Å²) in [6.45, 7) is 5.62. The third-order valence-electron chi connectivity index (χ3n) is 2.85. The number of benzene rings is 1. The van der Waals surface area contributed by atoms with Crippen molar-refractivity contribution in [3.63, 3.8) is 0 Å². The van der Waals surface area contributed by atoms with Gasteiger partial charge < -0.3 is 10.1 Å². The normalized spacial score (nSPS) is 12.2. The molecule has 0 saturated carbocycles. The summed E-state index contributed by atoms with van der Waals surface area (Å²) in [5, 5.41) is 2.72. The summed E-state index contributed by atoms with van der Waals surface area (Å²) >= 11 is 0. The lowest BCUT2D eigenvalue weighted by Gasteiger charge is -2.10. The molecule has 0 unspecified atom stereocenters. The average Bonchev–Trinajstić information content (AvgIpc) is 2.44. The SMILES string of the molecule is CC[C@H](C)NC(=O)COC(=O)/C=C/c1ccc(C)cc1. The molecule has 1 atom stereocenters. The van der Waals surface area contributed by atoms with Crippen LogP contribution < -0.4 is 5.32 Å². The minimum absolute atomic E-state index is 0.0873. The number of amides is 1. The van der Waals surface area contributed by atoms with Gasteiger partial charge in [0.15, 0.2) is 6.61 Å². The van der Waals surface area contributed by atoms with Crippen molar-refractivity contribution in [3.05, 3.63) is 41.5 Å². The van der Waals surface area contributed by atoms with Gasteiger partial charge in [-0.05, 0) is 31.9 Å². The summed E-state index contributed by atoms with van der Waals surface area (Å²) in [4.78, 5) is 22.9. The molecule has 0 aliphatic carbocycles. The van der Waals surface area contributed by atoms with E-state index in [0.29, 0.717) is 0 Å². The van der Waals surface area contributed by atoms with Crippen LogP contribution in [0.25, 0.3) is 6.08 Å². The Bertz CT molecular complexity index is 477. The molecular weight excluding hydrogens is 254 g/mol. The molecule has 108 valence electrons. The lowest BCUT2D eigenvalue weighted by Crippen LogP contribution is -2.35. The predicted molar refractivity (Wildman–Crippen MR) is 79.1 cm³/mol. The van der Waals surface area contributed by atoms with Crippen LogP contribution in [0.2, 0.25) is 0 Å². The van der Waals surface area contributed by atoms with Crippen molar-refractivity contribution in [2.45, 2.75) is 33.2 Å². The van der Waals surface area contributed by atoms with Crippen LogP contribution in [-0.2, 0) is 14.3 Å². The molecule has 1 aromatic rings. The second-order valence-corrected chi connectivity index (χ2v) is 4.73. The quantitative estimate of drug-likeness (QED) is 0.641. The highest BCUT2D eigenvalue weighted by atomic mass is 16.5. The second kappa shape index (κ2) is 8.15. The summed E-state index contributed by atoms with van der Waals surface area (Å²) < 4.78 is 4.86. The van der Waals surface area contributed by atoms with Crippen LogP contribution in [0.3, 0.4) is 0 Å². The number of hydrogen-bond acceptors (Lipinski definition) is 3. The van der Waals surface area contributed by atoms with Gasteiger partial charge in [0.05, 0.1) is 0 Å². The van der Waals surface area contributed by atoms with Crippen molar-refractivity contribution in [3.8, 4) is 0 Å². The van der Waals surface area contributed by atoms with Gasteiger partial charge in [-0.15, -0.1) is 0 Å². The highest BCUT2D eigenvalue weighted by molar-refractivity contribution is 5.89. The van der Waals surface area contributed by atoms with Crippen LogP contribution in [-0.4, -0.2) is 24.5 Å². The van der Waals surface area contributed by atoms with Gasteiger partial charge in [-0.3, -0.25) is 4.79 Å². The van der Waals surface area contributed by atoms with E-state index in [2.05, 4.69) is 5.32 Å². The van der Waals surface area contributed by atoms with Crippen LogP contribution in [0.1, 0.15) is 31.4 Å². The number of aryl methyl sites for hydroxylation is 1. The van der Waals surface area contributed by atoms with E-state index in [-0.39, 0.29) is 18.6 Å². The average molecular weight is 275 g/mol. The monoisotopic (exact) mass is 275 g/mol. The van der Waals surface area contributed by atoms with E-state index >= 15 is 0 Å². The number of nitrogens with one attached hydrogen (secondary N) is 1. The molecular formula is C16H21NO3. The first-order valence-corrected chi connectivity index (χ1v) is 6.72. The number of carbonyl (C=O) groups is 2. The Morgan fingerprint density at radius 2 is 1.95 bits per heavy atom. The molecule has 1 rings (SSSR count). The molecule has 4 heteroatoms. The summed E-state index contributed by atoms with van der Waals surface area (Å²) in [6.07, 6.45) is 3.82. The van der Waals surface area contributed by atoms with E-state index in [1.54, 1.807) is 6.08 Å². The highest BCUT2D eigenvalue weighted by Crippen LogP contribution is 2.05. The maximum Gasteiger partial charge on any atom is 0.331 e. The first-order chi connectivity index (χ1) is 9.51. The first-order valence-electron chi connectivity index (χ1n) is 6.72.